The fraction of sp³-hybridized carbons (Fsp3) is 0. The minimum absolute atomic E-state index is 0.0549. The van der Waals surface area contributed by atoms with Crippen LogP contribution in [0.1, 0.15) is 10.4 Å². The fourth-order valence-electron chi connectivity index (χ4n) is 2.28. The van der Waals surface area contributed by atoms with Crippen molar-refractivity contribution in [3.8, 4) is 11.1 Å². The molecule has 0 heterocycles. The van der Waals surface area contributed by atoms with Crippen LogP contribution < -0.4 is 4.72 Å². The monoisotopic (exact) mass is 337 g/mol. The minimum Gasteiger partial charge on any atom is -0.268 e. The van der Waals surface area contributed by atoms with E-state index >= 15 is 0 Å². The number of hydrogen-bond donors (Lipinski definition) is 1. The third kappa shape index (κ3) is 3.52. The molecule has 4 nitrogen and oxygen atoms in total. The first-order valence-electron chi connectivity index (χ1n) is 7.34. The highest BCUT2D eigenvalue weighted by Crippen LogP contribution is 2.19. The fourth-order valence-corrected chi connectivity index (χ4v) is 3.28. The molecular weight excluding hydrogens is 322 g/mol. The highest BCUT2D eigenvalue weighted by atomic mass is 32.2. The Morgan fingerprint density at radius 3 is 1.75 bits per heavy atom. The van der Waals surface area contributed by atoms with Gasteiger partial charge in [0.25, 0.3) is 15.9 Å². The van der Waals surface area contributed by atoms with Crippen LogP contribution in [0.5, 0.6) is 0 Å². The summed E-state index contributed by atoms with van der Waals surface area (Å²) < 4.78 is 26.4. The van der Waals surface area contributed by atoms with Gasteiger partial charge >= 0.3 is 0 Å². The van der Waals surface area contributed by atoms with Crippen molar-refractivity contribution in [1.29, 1.82) is 0 Å². The van der Waals surface area contributed by atoms with Crippen molar-refractivity contribution in [2.24, 2.45) is 0 Å². The summed E-state index contributed by atoms with van der Waals surface area (Å²) in [5, 5.41) is 0. The molecule has 0 aliphatic carbocycles. The predicted molar refractivity (Wildman–Crippen MR) is 93.0 cm³/mol. The second-order valence-corrected chi connectivity index (χ2v) is 6.87. The van der Waals surface area contributed by atoms with Crippen molar-refractivity contribution in [2.75, 3.05) is 0 Å². The summed E-state index contributed by atoms with van der Waals surface area (Å²) in [5.41, 5.74) is 2.27. The molecule has 120 valence electrons. The lowest BCUT2D eigenvalue weighted by Crippen LogP contribution is -2.30. The number of rotatable bonds is 4. The predicted octanol–water partition coefficient (Wildman–Crippen LogP) is 3.47. The molecule has 0 fully saturated rings. The van der Waals surface area contributed by atoms with Crippen LogP contribution in [0.15, 0.2) is 89.8 Å². The molecule has 0 radical (unpaired) electrons. The first-order valence-corrected chi connectivity index (χ1v) is 8.82. The van der Waals surface area contributed by atoms with Crippen molar-refractivity contribution in [2.45, 2.75) is 4.90 Å². The summed E-state index contributed by atoms with van der Waals surface area (Å²) in [6.45, 7) is 0. The number of hydrogen-bond acceptors (Lipinski definition) is 3. The van der Waals surface area contributed by atoms with Gasteiger partial charge in [-0.05, 0) is 35.4 Å². The van der Waals surface area contributed by atoms with E-state index in [0.717, 1.165) is 11.1 Å². The van der Waals surface area contributed by atoms with Crippen LogP contribution in [-0.2, 0) is 10.0 Å². The maximum Gasteiger partial charge on any atom is 0.264 e. The zero-order valence-electron chi connectivity index (χ0n) is 12.7. The van der Waals surface area contributed by atoms with E-state index in [1.54, 1.807) is 42.5 Å². The second-order valence-electron chi connectivity index (χ2n) is 5.19. The van der Waals surface area contributed by atoms with Gasteiger partial charge in [0, 0.05) is 5.56 Å². The highest BCUT2D eigenvalue weighted by molar-refractivity contribution is 7.90. The molecule has 3 rings (SSSR count). The van der Waals surface area contributed by atoms with Gasteiger partial charge in [0.15, 0.2) is 0 Å². The van der Waals surface area contributed by atoms with E-state index in [2.05, 4.69) is 4.72 Å². The summed E-state index contributed by atoms with van der Waals surface area (Å²) in [5.74, 6) is -0.654. The molecular formula is C19H15NO3S. The lowest BCUT2D eigenvalue weighted by atomic mass is 10.0. The standard InChI is InChI=1S/C19H15NO3S/c21-19(20-24(22,23)18-9-5-2-6-10-18)17-13-11-16(12-14-17)15-7-3-1-4-8-15/h1-14H,(H,20,21). The van der Waals surface area contributed by atoms with E-state index in [-0.39, 0.29) is 10.5 Å². The summed E-state index contributed by atoms with van der Waals surface area (Å²) in [6, 6.07) is 24.3. The van der Waals surface area contributed by atoms with E-state index < -0.39 is 15.9 Å². The zero-order valence-corrected chi connectivity index (χ0v) is 13.5. The molecule has 0 spiro atoms. The topological polar surface area (TPSA) is 63.2 Å². The molecule has 0 aliphatic heterocycles. The van der Waals surface area contributed by atoms with Crippen LogP contribution in [-0.4, -0.2) is 14.3 Å². The van der Waals surface area contributed by atoms with Gasteiger partial charge in [0.05, 0.1) is 4.90 Å². The molecule has 1 amide bonds. The van der Waals surface area contributed by atoms with Crippen molar-refractivity contribution in [3.63, 3.8) is 0 Å². The number of benzene rings is 3. The van der Waals surface area contributed by atoms with Crippen molar-refractivity contribution < 1.29 is 13.2 Å². The zero-order chi connectivity index (χ0) is 17.0. The Balaban J connectivity index is 1.79. The van der Waals surface area contributed by atoms with Crippen LogP contribution >= 0.6 is 0 Å². The van der Waals surface area contributed by atoms with Gasteiger partial charge in [-0.25, -0.2) is 13.1 Å². The SMILES string of the molecule is O=C(NS(=O)(=O)c1ccccc1)c1ccc(-c2ccccc2)cc1. The molecule has 0 atom stereocenters. The minimum atomic E-state index is -3.87. The molecule has 1 N–H and O–H groups in total. The summed E-state index contributed by atoms with van der Waals surface area (Å²) in [6.07, 6.45) is 0. The lowest BCUT2D eigenvalue weighted by molar-refractivity contribution is 0.0981. The molecule has 0 aromatic heterocycles. The van der Waals surface area contributed by atoms with Gasteiger partial charge in [0.2, 0.25) is 0 Å². The van der Waals surface area contributed by atoms with Crippen molar-refractivity contribution in [1.82, 2.24) is 4.72 Å². The number of carbonyl (C=O) groups excluding carboxylic acids is 1. The first kappa shape index (κ1) is 16.0. The maximum absolute atomic E-state index is 12.2. The molecule has 0 bridgehead atoms. The lowest BCUT2D eigenvalue weighted by Gasteiger charge is -2.08. The maximum atomic E-state index is 12.2. The van der Waals surface area contributed by atoms with Crippen LogP contribution in [0.3, 0.4) is 0 Å². The van der Waals surface area contributed by atoms with Crippen LogP contribution in [0.4, 0.5) is 0 Å². The smallest absolute Gasteiger partial charge is 0.264 e. The quantitative estimate of drug-likeness (QED) is 0.793. The van der Waals surface area contributed by atoms with Gasteiger partial charge in [-0.1, -0.05) is 60.7 Å². The largest absolute Gasteiger partial charge is 0.268 e. The van der Waals surface area contributed by atoms with Gasteiger partial charge in [-0.15, -0.1) is 0 Å². The average molecular weight is 337 g/mol. The van der Waals surface area contributed by atoms with Crippen LogP contribution in [0.25, 0.3) is 11.1 Å². The Labute approximate surface area is 140 Å². The van der Waals surface area contributed by atoms with Gasteiger partial charge in [-0.2, -0.15) is 0 Å². The van der Waals surface area contributed by atoms with Crippen molar-refractivity contribution in [3.05, 3.63) is 90.5 Å². The Kier molecular flexibility index (Phi) is 4.44. The molecule has 24 heavy (non-hydrogen) atoms. The average Bonchev–Trinajstić information content (AvgIpc) is 2.63. The van der Waals surface area contributed by atoms with E-state index in [4.69, 9.17) is 0 Å². The summed E-state index contributed by atoms with van der Waals surface area (Å²) in [7, 11) is -3.87. The van der Waals surface area contributed by atoms with E-state index in [0.29, 0.717) is 0 Å². The van der Waals surface area contributed by atoms with Crippen LogP contribution in [0, 0.1) is 0 Å². The van der Waals surface area contributed by atoms with E-state index in [1.807, 2.05) is 30.3 Å². The number of carbonyl (C=O) groups is 1. The van der Waals surface area contributed by atoms with E-state index in [1.165, 1.54) is 12.1 Å². The summed E-state index contributed by atoms with van der Waals surface area (Å²) in [4.78, 5) is 12.2. The normalized spacial score (nSPS) is 11.0. The Bertz CT molecular complexity index is 935. The second kappa shape index (κ2) is 6.68. The highest BCUT2D eigenvalue weighted by Gasteiger charge is 2.18. The summed E-state index contributed by atoms with van der Waals surface area (Å²) >= 11 is 0. The number of nitrogens with one attached hydrogen (secondary N) is 1. The van der Waals surface area contributed by atoms with Gasteiger partial charge < -0.3 is 0 Å². The Morgan fingerprint density at radius 2 is 1.17 bits per heavy atom. The molecule has 0 aliphatic rings. The molecule has 3 aromatic rings. The van der Waals surface area contributed by atoms with Gasteiger partial charge in [-0.3, -0.25) is 4.79 Å². The molecule has 0 saturated carbocycles. The molecule has 0 saturated heterocycles. The third-order valence-electron chi connectivity index (χ3n) is 3.53. The molecule has 0 unspecified atom stereocenters. The first-order chi connectivity index (χ1) is 11.6. The van der Waals surface area contributed by atoms with Crippen molar-refractivity contribution >= 4 is 15.9 Å². The third-order valence-corrected chi connectivity index (χ3v) is 4.88. The number of sulfonamides is 1. The van der Waals surface area contributed by atoms with Gasteiger partial charge in [0.1, 0.15) is 0 Å². The van der Waals surface area contributed by atoms with E-state index in [9.17, 15) is 13.2 Å². The molecule has 5 heteroatoms. The Hall–Kier alpha value is -2.92. The van der Waals surface area contributed by atoms with Crippen LogP contribution in [0.2, 0.25) is 0 Å². The Morgan fingerprint density at radius 1 is 0.667 bits per heavy atom. The molecule has 3 aromatic carbocycles. The number of amides is 1.